The SMILES string of the molecule is NC(c1csc(I)c1)c1cc2c(cc1F)NC(=O)CC2. The highest BCUT2D eigenvalue weighted by atomic mass is 127. The van der Waals surface area contributed by atoms with Crippen LogP contribution in [0, 0.1) is 8.70 Å². The molecule has 3 nitrogen and oxygen atoms in total. The van der Waals surface area contributed by atoms with Crippen LogP contribution in [-0.2, 0) is 11.2 Å². The third kappa shape index (κ3) is 2.59. The molecular formula is C14H12FIN2OS. The molecule has 1 aliphatic heterocycles. The Morgan fingerprint density at radius 3 is 2.85 bits per heavy atom. The molecule has 2 aromatic rings. The van der Waals surface area contributed by atoms with Gasteiger partial charge >= 0.3 is 0 Å². The lowest BCUT2D eigenvalue weighted by Crippen LogP contribution is -2.21. The van der Waals surface area contributed by atoms with E-state index in [1.54, 1.807) is 17.4 Å². The summed E-state index contributed by atoms with van der Waals surface area (Å²) in [4.78, 5) is 11.3. The van der Waals surface area contributed by atoms with E-state index in [4.69, 9.17) is 5.73 Å². The van der Waals surface area contributed by atoms with Crippen molar-refractivity contribution in [1.82, 2.24) is 0 Å². The zero-order valence-corrected chi connectivity index (χ0v) is 13.4. The molecule has 1 unspecified atom stereocenters. The summed E-state index contributed by atoms with van der Waals surface area (Å²) in [5, 5.41) is 4.64. The highest BCUT2D eigenvalue weighted by Gasteiger charge is 2.21. The minimum absolute atomic E-state index is 0.0682. The lowest BCUT2D eigenvalue weighted by Gasteiger charge is -2.20. The van der Waals surface area contributed by atoms with Crippen LogP contribution in [0.5, 0.6) is 0 Å². The van der Waals surface area contributed by atoms with E-state index in [0.29, 0.717) is 24.1 Å². The van der Waals surface area contributed by atoms with Gasteiger partial charge in [0.1, 0.15) is 5.82 Å². The summed E-state index contributed by atoms with van der Waals surface area (Å²) in [5.74, 6) is -0.444. The van der Waals surface area contributed by atoms with Crippen LogP contribution in [0.1, 0.15) is 29.2 Å². The number of fused-ring (bicyclic) bond motifs is 1. The zero-order valence-electron chi connectivity index (χ0n) is 10.5. The van der Waals surface area contributed by atoms with Crippen molar-refractivity contribution in [3.05, 3.63) is 49.0 Å². The van der Waals surface area contributed by atoms with Crippen LogP contribution in [0.4, 0.5) is 10.1 Å². The molecule has 1 aromatic heterocycles. The van der Waals surface area contributed by atoms with E-state index in [0.717, 1.165) is 14.0 Å². The molecule has 0 aliphatic carbocycles. The van der Waals surface area contributed by atoms with Crippen LogP contribution < -0.4 is 11.1 Å². The van der Waals surface area contributed by atoms with Gasteiger partial charge in [0, 0.05) is 17.7 Å². The number of benzene rings is 1. The number of anilines is 1. The molecule has 0 saturated carbocycles. The molecule has 20 heavy (non-hydrogen) atoms. The van der Waals surface area contributed by atoms with Gasteiger partial charge in [-0.1, -0.05) is 0 Å². The largest absolute Gasteiger partial charge is 0.326 e. The normalized spacial score (nSPS) is 15.7. The molecule has 1 atom stereocenters. The molecule has 0 spiro atoms. The number of nitrogens with two attached hydrogens (primary N) is 1. The quantitative estimate of drug-likeness (QED) is 0.757. The highest BCUT2D eigenvalue weighted by Crippen LogP contribution is 2.32. The monoisotopic (exact) mass is 402 g/mol. The van der Waals surface area contributed by atoms with Gasteiger partial charge in [0.15, 0.2) is 0 Å². The van der Waals surface area contributed by atoms with Gasteiger partial charge < -0.3 is 11.1 Å². The molecular weight excluding hydrogens is 390 g/mol. The number of hydrogen-bond donors (Lipinski definition) is 2. The second-order valence-corrected chi connectivity index (χ2v) is 7.55. The number of thiophene rings is 1. The Bertz CT molecular complexity index is 686. The van der Waals surface area contributed by atoms with E-state index >= 15 is 0 Å². The maximum Gasteiger partial charge on any atom is 0.224 e. The number of halogens is 2. The molecule has 0 fully saturated rings. The van der Waals surface area contributed by atoms with Gasteiger partial charge in [-0.25, -0.2) is 4.39 Å². The number of carbonyl (C=O) groups excluding carboxylic acids is 1. The predicted octanol–water partition coefficient (Wildman–Crippen LogP) is 3.42. The molecule has 6 heteroatoms. The molecule has 3 N–H and O–H groups in total. The van der Waals surface area contributed by atoms with Crippen LogP contribution in [0.3, 0.4) is 0 Å². The van der Waals surface area contributed by atoms with E-state index in [-0.39, 0.29) is 11.7 Å². The van der Waals surface area contributed by atoms with Crippen molar-refractivity contribution in [2.45, 2.75) is 18.9 Å². The zero-order chi connectivity index (χ0) is 14.3. The minimum atomic E-state index is -0.474. The van der Waals surface area contributed by atoms with Gasteiger partial charge in [-0.15, -0.1) is 11.3 Å². The average molecular weight is 402 g/mol. The van der Waals surface area contributed by atoms with E-state index in [1.807, 2.05) is 11.4 Å². The van der Waals surface area contributed by atoms with Crippen molar-refractivity contribution in [2.75, 3.05) is 5.32 Å². The first kappa shape index (κ1) is 14.0. The Morgan fingerprint density at radius 1 is 1.35 bits per heavy atom. The third-order valence-corrected chi connectivity index (χ3v) is 5.21. The van der Waals surface area contributed by atoms with Crippen molar-refractivity contribution >= 4 is 45.5 Å². The topological polar surface area (TPSA) is 55.1 Å². The summed E-state index contributed by atoms with van der Waals surface area (Å²) in [7, 11) is 0. The second kappa shape index (κ2) is 5.42. The molecule has 3 rings (SSSR count). The van der Waals surface area contributed by atoms with E-state index < -0.39 is 6.04 Å². The Labute approximate surface area is 133 Å². The standard InChI is InChI=1S/C14H12FIN2OS/c15-10-5-11-7(1-2-13(19)18-11)3-9(10)14(17)8-4-12(16)20-6-8/h3-6,14H,1-2,17H2,(H,18,19). The fourth-order valence-electron chi connectivity index (χ4n) is 2.33. The first-order valence-electron chi connectivity index (χ1n) is 6.16. The van der Waals surface area contributed by atoms with Gasteiger partial charge in [0.25, 0.3) is 0 Å². The molecule has 0 radical (unpaired) electrons. The van der Waals surface area contributed by atoms with Crippen LogP contribution in [0.25, 0.3) is 0 Å². The molecule has 1 aromatic carbocycles. The fourth-order valence-corrected chi connectivity index (χ4v) is 3.73. The lowest BCUT2D eigenvalue weighted by atomic mass is 9.95. The number of aryl methyl sites for hydroxylation is 1. The van der Waals surface area contributed by atoms with E-state index in [9.17, 15) is 9.18 Å². The van der Waals surface area contributed by atoms with Crippen molar-refractivity contribution in [1.29, 1.82) is 0 Å². The maximum atomic E-state index is 14.2. The number of nitrogens with one attached hydrogen (secondary N) is 1. The fraction of sp³-hybridized carbons (Fsp3) is 0.214. The maximum absolute atomic E-state index is 14.2. The lowest BCUT2D eigenvalue weighted by molar-refractivity contribution is -0.116. The summed E-state index contributed by atoms with van der Waals surface area (Å²) < 4.78 is 15.3. The van der Waals surface area contributed by atoms with Crippen molar-refractivity contribution in [2.24, 2.45) is 5.73 Å². The van der Waals surface area contributed by atoms with Crippen molar-refractivity contribution in [3.8, 4) is 0 Å². The first-order valence-corrected chi connectivity index (χ1v) is 8.12. The third-order valence-electron chi connectivity index (χ3n) is 3.40. The van der Waals surface area contributed by atoms with Crippen LogP contribution in [0.15, 0.2) is 23.6 Å². The average Bonchev–Trinajstić information content (AvgIpc) is 2.84. The first-order chi connectivity index (χ1) is 9.54. The molecule has 0 bridgehead atoms. The molecule has 1 amide bonds. The predicted molar refractivity (Wildman–Crippen MR) is 86.4 cm³/mol. The molecule has 104 valence electrons. The van der Waals surface area contributed by atoms with Crippen molar-refractivity contribution < 1.29 is 9.18 Å². The van der Waals surface area contributed by atoms with Crippen LogP contribution in [0.2, 0.25) is 0 Å². The Kier molecular flexibility index (Phi) is 3.78. The summed E-state index contributed by atoms with van der Waals surface area (Å²) in [6.07, 6.45) is 1.06. The Hall–Kier alpha value is -0.990. The summed E-state index contributed by atoms with van der Waals surface area (Å²) >= 11 is 3.81. The van der Waals surface area contributed by atoms with Gasteiger partial charge in [-0.3, -0.25) is 4.79 Å². The van der Waals surface area contributed by atoms with Gasteiger partial charge in [-0.05, 0) is 63.7 Å². The van der Waals surface area contributed by atoms with E-state index in [2.05, 4.69) is 27.9 Å². The molecule has 2 heterocycles. The number of hydrogen-bond acceptors (Lipinski definition) is 3. The van der Waals surface area contributed by atoms with Gasteiger partial charge in [0.05, 0.1) is 8.93 Å². The van der Waals surface area contributed by atoms with Crippen LogP contribution >= 0.6 is 33.9 Å². The van der Waals surface area contributed by atoms with E-state index in [1.165, 1.54) is 6.07 Å². The Morgan fingerprint density at radius 2 is 2.15 bits per heavy atom. The van der Waals surface area contributed by atoms with Crippen molar-refractivity contribution in [3.63, 3.8) is 0 Å². The van der Waals surface area contributed by atoms with Crippen LogP contribution in [-0.4, -0.2) is 5.91 Å². The van der Waals surface area contributed by atoms with Gasteiger partial charge in [0.2, 0.25) is 5.91 Å². The number of carbonyl (C=O) groups is 1. The molecule has 0 saturated heterocycles. The summed E-state index contributed by atoms with van der Waals surface area (Å²) in [6, 6.07) is 4.65. The number of rotatable bonds is 2. The summed E-state index contributed by atoms with van der Waals surface area (Å²) in [6.45, 7) is 0. The second-order valence-electron chi connectivity index (χ2n) is 4.74. The minimum Gasteiger partial charge on any atom is -0.326 e. The smallest absolute Gasteiger partial charge is 0.224 e. The van der Waals surface area contributed by atoms with Gasteiger partial charge in [-0.2, -0.15) is 0 Å². The Balaban J connectivity index is 2.00. The highest BCUT2D eigenvalue weighted by molar-refractivity contribution is 14.1. The molecule has 1 aliphatic rings. The number of amides is 1. The summed E-state index contributed by atoms with van der Waals surface area (Å²) in [5.41, 5.74) is 9.07.